The molecule has 0 saturated carbocycles. The second-order valence-electron chi connectivity index (χ2n) is 4.07. The van der Waals surface area contributed by atoms with E-state index in [-0.39, 0.29) is 17.7 Å². The van der Waals surface area contributed by atoms with Crippen molar-refractivity contribution >= 4 is 11.7 Å². The van der Waals surface area contributed by atoms with Crippen LogP contribution in [-0.4, -0.2) is 17.7 Å². The molecular formula is C11H21NO2. The largest absolute Gasteiger partial charge is 0.346 e. The first kappa shape index (κ1) is 13.1. The van der Waals surface area contributed by atoms with Crippen LogP contribution in [0.1, 0.15) is 47.0 Å². The van der Waals surface area contributed by atoms with Gasteiger partial charge in [0.1, 0.15) is 0 Å². The average molecular weight is 199 g/mol. The Morgan fingerprint density at radius 2 is 1.86 bits per heavy atom. The molecule has 0 heterocycles. The number of nitrogens with one attached hydrogen (secondary N) is 1. The van der Waals surface area contributed by atoms with E-state index < -0.39 is 0 Å². The lowest BCUT2D eigenvalue weighted by atomic mass is 10.1. The van der Waals surface area contributed by atoms with Gasteiger partial charge in [-0.05, 0) is 25.7 Å². The summed E-state index contributed by atoms with van der Waals surface area (Å²) < 4.78 is 0. The van der Waals surface area contributed by atoms with Crippen molar-refractivity contribution in [3.63, 3.8) is 0 Å². The van der Waals surface area contributed by atoms with Crippen LogP contribution in [0.25, 0.3) is 0 Å². The van der Waals surface area contributed by atoms with Gasteiger partial charge in [0.15, 0.2) is 5.78 Å². The second-order valence-corrected chi connectivity index (χ2v) is 4.07. The molecule has 0 bridgehead atoms. The summed E-state index contributed by atoms with van der Waals surface area (Å²) in [4.78, 5) is 22.4. The maximum Gasteiger partial charge on any atom is 0.220 e. The highest BCUT2D eigenvalue weighted by atomic mass is 16.2. The molecule has 0 rings (SSSR count). The molecule has 0 aliphatic carbocycles. The summed E-state index contributed by atoms with van der Waals surface area (Å²) in [7, 11) is 0. The molecule has 1 amide bonds. The Morgan fingerprint density at radius 3 is 2.21 bits per heavy atom. The zero-order valence-corrected chi connectivity index (χ0v) is 9.59. The fourth-order valence-corrected chi connectivity index (χ4v) is 1.18. The van der Waals surface area contributed by atoms with Crippen molar-refractivity contribution < 1.29 is 9.59 Å². The van der Waals surface area contributed by atoms with Gasteiger partial charge in [0.25, 0.3) is 0 Å². The zero-order chi connectivity index (χ0) is 11.1. The Morgan fingerprint density at radius 1 is 1.29 bits per heavy atom. The van der Waals surface area contributed by atoms with Crippen molar-refractivity contribution in [3.05, 3.63) is 0 Å². The van der Waals surface area contributed by atoms with Gasteiger partial charge >= 0.3 is 0 Å². The van der Waals surface area contributed by atoms with Crippen LogP contribution in [0.2, 0.25) is 0 Å². The van der Waals surface area contributed by atoms with Crippen molar-refractivity contribution in [3.8, 4) is 0 Å². The smallest absolute Gasteiger partial charge is 0.220 e. The van der Waals surface area contributed by atoms with Gasteiger partial charge in [-0.2, -0.15) is 0 Å². The Bertz CT molecular complexity index is 199. The van der Waals surface area contributed by atoms with Crippen molar-refractivity contribution in [2.24, 2.45) is 5.92 Å². The third-order valence-electron chi connectivity index (χ3n) is 2.18. The van der Waals surface area contributed by atoms with Gasteiger partial charge in [0.05, 0.1) is 6.04 Å². The van der Waals surface area contributed by atoms with E-state index in [1.54, 1.807) is 0 Å². The van der Waals surface area contributed by atoms with Crippen molar-refractivity contribution in [1.29, 1.82) is 0 Å². The minimum atomic E-state index is -0.297. The number of amides is 1. The van der Waals surface area contributed by atoms with E-state index in [9.17, 15) is 9.59 Å². The normalized spacial score (nSPS) is 12.6. The molecule has 0 spiro atoms. The first-order valence-electron chi connectivity index (χ1n) is 5.27. The summed E-state index contributed by atoms with van der Waals surface area (Å²) >= 11 is 0. The summed E-state index contributed by atoms with van der Waals surface area (Å²) in [5, 5.41) is 2.73. The molecule has 1 N–H and O–H groups in total. The van der Waals surface area contributed by atoms with Gasteiger partial charge in [-0.15, -0.1) is 0 Å². The lowest BCUT2D eigenvalue weighted by Gasteiger charge is -2.13. The summed E-state index contributed by atoms with van der Waals surface area (Å²) in [6, 6.07) is -0.297. The zero-order valence-electron chi connectivity index (χ0n) is 9.59. The summed E-state index contributed by atoms with van der Waals surface area (Å²) in [5.74, 6) is 0.546. The Balaban J connectivity index is 3.85. The van der Waals surface area contributed by atoms with E-state index in [0.29, 0.717) is 18.8 Å². The van der Waals surface area contributed by atoms with Crippen LogP contribution in [0.5, 0.6) is 0 Å². The highest BCUT2D eigenvalue weighted by Gasteiger charge is 2.14. The molecule has 1 unspecified atom stereocenters. The lowest BCUT2D eigenvalue weighted by Crippen LogP contribution is -2.39. The molecule has 14 heavy (non-hydrogen) atoms. The minimum absolute atomic E-state index is 0.0132. The standard InChI is InChI=1S/C11H21NO2/c1-5-10(9(4)13)12-11(14)7-6-8(2)3/h8,10H,5-7H2,1-4H3,(H,12,14). The van der Waals surface area contributed by atoms with Crippen molar-refractivity contribution in [2.75, 3.05) is 0 Å². The number of hydrogen-bond donors (Lipinski definition) is 1. The van der Waals surface area contributed by atoms with Crippen LogP contribution in [-0.2, 0) is 9.59 Å². The van der Waals surface area contributed by atoms with Gasteiger partial charge in [-0.3, -0.25) is 9.59 Å². The molecule has 0 aromatic heterocycles. The predicted molar refractivity (Wildman–Crippen MR) is 57.0 cm³/mol. The first-order valence-corrected chi connectivity index (χ1v) is 5.27. The van der Waals surface area contributed by atoms with Crippen LogP contribution in [0.4, 0.5) is 0 Å². The summed E-state index contributed by atoms with van der Waals surface area (Å²) in [6.07, 6.45) is 2.06. The van der Waals surface area contributed by atoms with Gasteiger partial charge in [0.2, 0.25) is 5.91 Å². The van der Waals surface area contributed by atoms with E-state index in [2.05, 4.69) is 19.2 Å². The average Bonchev–Trinajstić information content (AvgIpc) is 2.10. The maximum absolute atomic E-state index is 11.4. The highest BCUT2D eigenvalue weighted by molar-refractivity contribution is 5.87. The topological polar surface area (TPSA) is 46.2 Å². The Kier molecular flexibility index (Phi) is 6.17. The number of rotatable bonds is 6. The highest BCUT2D eigenvalue weighted by Crippen LogP contribution is 2.03. The summed E-state index contributed by atoms with van der Waals surface area (Å²) in [6.45, 7) is 7.57. The molecule has 0 aromatic rings. The molecule has 82 valence electrons. The van der Waals surface area contributed by atoms with E-state index in [4.69, 9.17) is 0 Å². The fraction of sp³-hybridized carbons (Fsp3) is 0.818. The number of hydrogen-bond acceptors (Lipinski definition) is 2. The third-order valence-corrected chi connectivity index (χ3v) is 2.18. The number of carbonyl (C=O) groups is 2. The second kappa shape index (κ2) is 6.57. The van der Waals surface area contributed by atoms with Gasteiger partial charge in [0, 0.05) is 6.42 Å². The Labute approximate surface area is 86.3 Å². The van der Waals surface area contributed by atoms with Crippen molar-refractivity contribution in [2.45, 2.75) is 53.0 Å². The van der Waals surface area contributed by atoms with Gasteiger partial charge < -0.3 is 5.32 Å². The molecule has 0 saturated heterocycles. The number of ketones is 1. The quantitative estimate of drug-likeness (QED) is 0.710. The minimum Gasteiger partial charge on any atom is -0.346 e. The predicted octanol–water partition coefficient (Wildman–Crippen LogP) is 1.91. The van der Waals surface area contributed by atoms with Crippen LogP contribution in [0.15, 0.2) is 0 Å². The van der Waals surface area contributed by atoms with Crippen molar-refractivity contribution in [1.82, 2.24) is 5.32 Å². The summed E-state index contributed by atoms with van der Waals surface area (Å²) in [5.41, 5.74) is 0. The monoisotopic (exact) mass is 199 g/mol. The molecule has 0 radical (unpaired) electrons. The maximum atomic E-state index is 11.4. The van der Waals surface area contributed by atoms with Crippen LogP contribution < -0.4 is 5.32 Å². The SMILES string of the molecule is CCC(NC(=O)CCC(C)C)C(C)=O. The Hall–Kier alpha value is -0.860. The van der Waals surface area contributed by atoms with E-state index >= 15 is 0 Å². The molecule has 0 aromatic carbocycles. The van der Waals surface area contributed by atoms with Crippen LogP contribution in [0.3, 0.4) is 0 Å². The van der Waals surface area contributed by atoms with E-state index in [0.717, 1.165) is 6.42 Å². The molecule has 0 aliphatic heterocycles. The molecule has 3 heteroatoms. The van der Waals surface area contributed by atoms with Crippen LogP contribution >= 0.6 is 0 Å². The van der Waals surface area contributed by atoms with E-state index in [1.165, 1.54) is 6.92 Å². The van der Waals surface area contributed by atoms with Gasteiger partial charge in [-0.25, -0.2) is 0 Å². The molecule has 0 aliphatic rings. The first-order chi connectivity index (χ1) is 6.47. The number of Topliss-reactive ketones (excluding diaryl/α,β-unsaturated/α-hetero) is 1. The molecule has 3 nitrogen and oxygen atoms in total. The lowest BCUT2D eigenvalue weighted by molar-refractivity contribution is -0.127. The van der Waals surface area contributed by atoms with Gasteiger partial charge in [-0.1, -0.05) is 20.8 Å². The molecule has 1 atom stereocenters. The van der Waals surface area contributed by atoms with Crippen LogP contribution in [0, 0.1) is 5.92 Å². The number of carbonyl (C=O) groups excluding carboxylic acids is 2. The molecule has 0 fully saturated rings. The van der Waals surface area contributed by atoms with E-state index in [1.807, 2.05) is 6.92 Å². The fourth-order valence-electron chi connectivity index (χ4n) is 1.18. The molecular weight excluding hydrogens is 178 g/mol. The third kappa shape index (κ3) is 5.73.